The molecule has 100 valence electrons. The van der Waals surface area contributed by atoms with Crippen LogP contribution in [0.5, 0.6) is 0 Å². The van der Waals surface area contributed by atoms with Gasteiger partial charge in [-0.2, -0.15) is 0 Å². The maximum Gasteiger partial charge on any atom is 0.295 e. The number of nitro benzene ring substituents is 1. The Morgan fingerprint density at radius 1 is 1.47 bits per heavy atom. The first-order valence-electron chi connectivity index (χ1n) is 5.78. The van der Waals surface area contributed by atoms with Crippen molar-refractivity contribution in [1.82, 2.24) is 0 Å². The second-order valence-corrected chi connectivity index (χ2v) is 5.16. The molecule has 0 fully saturated rings. The summed E-state index contributed by atoms with van der Waals surface area (Å²) in [5, 5.41) is 15.9. The Morgan fingerprint density at radius 2 is 2.26 bits per heavy atom. The molecule has 0 saturated carbocycles. The fourth-order valence-corrected chi connectivity index (χ4v) is 2.45. The van der Waals surface area contributed by atoms with Crippen molar-refractivity contribution in [3.8, 4) is 0 Å². The van der Waals surface area contributed by atoms with E-state index in [-0.39, 0.29) is 5.69 Å². The van der Waals surface area contributed by atoms with Crippen LogP contribution in [0.4, 0.5) is 15.8 Å². The minimum atomic E-state index is -0.573. The molecule has 4 nitrogen and oxygen atoms in total. The Labute approximate surface area is 114 Å². The number of nitrogens with one attached hydrogen (secondary N) is 1. The minimum Gasteiger partial charge on any atom is -0.379 e. The Bertz CT molecular complexity index is 585. The molecular weight excluding hydrogens is 267 g/mol. The molecule has 19 heavy (non-hydrogen) atoms. The third kappa shape index (κ3) is 3.29. The van der Waals surface area contributed by atoms with Gasteiger partial charge < -0.3 is 5.32 Å². The number of nitro groups is 1. The molecule has 0 atom stereocenters. The predicted molar refractivity (Wildman–Crippen MR) is 74.3 cm³/mol. The van der Waals surface area contributed by atoms with Gasteiger partial charge >= 0.3 is 0 Å². The van der Waals surface area contributed by atoms with Gasteiger partial charge in [0.25, 0.3) is 5.69 Å². The lowest BCUT2D eigenvalue weighted by atomic mass is 10.1. The number of rotatable bonds is 5. The first-order valence-corrected chi connectivity index (χ1v) is 6.66. The SMILES string of the molecule is Cc1cc(NCCc2cccs2)c([N+](=O)[O-])cc1F. The highest BCUT2D eigenvalue weighted by molar-refractivity contribution is 7.09. The van der Waals surface area contributed by atoms with Crippen LogP contribution in [0.2, 0.25) is 0 Å². The van der Waals surface area contributed by atoms with Crippen molar-refractivity contribution in [2.75, 3.05) is 11.9 Å². The number of halogens is 1. The van der Waals surface area contributed by atoms with E-state index in [0.717, 1.165) is 12.5 Å². The van der Waals surface area contributed by atoms with Gasteiger partial charge in [-0.3, -0.25) is 10.1 Å². The molecule has 1 N–H and O–H groups in total. The number of hydrogen-bond acceptors (Lipinski definition) is 4. The lowest BCUT2D eigenvalue weighted by Gasteiger charge is -2.08. The topological polar surface area (TPSA) is 55.2 Å². The number of aryl methyl sites for hydroxylation is 1. The number of benzene rings is 1. The molecule has 0 aliphatic carbocycles. The van der Waals surface area contributed by atoms with E-state index >= 15 is 0 Å². The van der Waals surface area contributed by atoms with Crippen LogP contribution < -0.4 is 5.32 Å². The van der Waals surface area contributed by atoms with Crippen LogP contribution in [-0.2, 0) is 6.42 Å². The van der Waals surface area contributed by atoms with Crippen molar-refractivity contribution in [2.45, 2.75) is 13.3 Å². The first-order chi connectivity index (χ1) is 9.08. The number of nitrogens with zero attached hydrogens (tertiary/aromatic N) is 1. The second-order valence-electron chi connectivity index (χ2n) is 4.13. The van der Waals surface area contributed by atoms with Crippen LogP contribution in [0.15, 0.2) is 29.6 Å². The van der Waals surface area contributed by atoms with E-state index in [1.54, 1.807) is 18.3 Å². The minimum absolute atomic E-state index is 0.228. The van der Waals surface area contributed by atoms with Gasteiger partial charge in [0.1, 0.15) is 11.5 Å². The first kappa shape index (κ1) is 13.5. The van der Waals surface area contributed by atoms with Crippen LogP contribution in [0.25, 0.3) is 0 Å². The Kier molecular flexibility index (Phi) is 4.11. The maximum absolute atomic E-state index is 13.3. The van der Waals surface area contributed by atoms with E-state index in [1.165, 1.54) is 10.9 Å². The van der Waals surface area contributed by atoms with E-state index in [0.29, 0.717) is 17.8 Å². The summed E-state index contributed by atoms with van der Waals surface area (Å²) in [5.74, 6) is -0.560. The summed E-state index contributed by atoms with van der Waals surface area (Å²) < 4.78 is 13.3. The van der Waals surface area contributed by atoms with E-state index in [4.69, 9.17) is 0 Å². The van der Waals surface area contributed by atoms with Crippen molar-refractivity contribution in [3.63, 3.8) is 0 Å². The van der Waals surface area contributed by atoms with Crippen LogP contribution >= 0.6 is 11.3 Å². The molecule has 0 amide bonds. The fourth-order valence-electron chi connectivity index (χ4n) is 1.74. The molecule has 0 unspecified atom stereocenters. The quantitative estimate of drug-likeness (QED) is 0.670. The lowest BCUT2D eigenvalue weighted by Crippen LogP contribution is -2.07. The molecule has 1 aromatic heterocycles. The van der Waals surface area contributed by atoms with Crippen molar-refractivity contribution < 1.29 is 9.31 Å². The molecule has 0 aliphatic rings. The molecule has 1 heterocycles. The van der Waals surface area contributed by atoms with Crippen molar-refractivity contribution in [3.05, 3.63) is 56.0 Å². The Balaban J connectivity index is 2.10. The van der Waals surface area contributed by atoms with Crippen molar-refractivity contribution in [2.24, 2.45) is 0 Å². The van der Waals surface area contributed by atoms with E-state index in [1.807, 2.05) is 17.5 Å². The smallest absolute Gasteiger partial charge is 0.295 e. The Hall–Kier alpha value is -1.95. The zero-order valence-electron chi connectivity index (χ0n) is 10.4. The lowest BCUT2D eigenvalue weighted by molar-refractivity contribution is -0.384. The van der Waals surface area contributed by atoms with Gasteiger partial charge in [-0.1, -0.05) is 6.07 Å². The molecule has 0 aliphatic heterocycles. The van der Waals surface area contributed by atoms with E-state index in [2.05, 4.69) is 5.32 Å². The molecule has 2 rings (SSSR count). The number of anilines is 1. The third-order valence-corrected chi connectivity index (χ3v) is 3.68. The van der Waals surface area contributed by atoms with Crippen molar-refractivity contribution in [1.29, 1.82) is 0 Å². The van der Waals surface area contributed by atoms with Gasteiger partial charge in [-0.15, -0.1) is 11.3 Å². The monoisotopic (exact) mass is 280 g/mol. The van der Waals surface area contributed by atoms with Gasteiger partial charge in [-0.05, 0) is 36.4 Å². The average molecular weight is 280 g/mol. The van der Waals surface area contributed by atoms with Gasteiger partial charge in [-0.25, -0.2) is 4.39 Å². The zero-order valence-corrected chi connectivity index (χ0v) is 11.2. The maximum atomic E-state index is 13.3. The summed E-state index contributed by atoms with van der Waals surface area (Å²) in [6.45, 7) is 2.16. The second kappa shape index (κ2) is 5.79. The summed E-state index contributed by atoms with van der Waals surface area (Å²) in [4.78, 5) is 11.5. The van der Waals surface area contributed by atoms with E-state index in [9.17, 15) is 14.5 Å². The summed E-state index contributed by atoms with van der Waals surface area (Å²) in [7, 11) is 0. The molecule has 0 saturated heterocycles. The van der Waals surface area contributed by atoms with Gasteiger partial charge in [0.2, 0.25) is 0 Å². The Morgan fingerprint density at radius 3 is 2.89 bits per heavy atom. The van der Waals surface area contributed by atoms with Crippen LogP contribution in [-0.4, -0.2) is 11.5 Å². The highest BCUT2D eigenvalue weighted by atomic mass is 32.1. The van der Waals surface area contributed by atoms with Crippen LogP contribution in [0.3, 0.4) is 0 Å². The fraction of sp³-hybridized carbons (Fsp3) is 0.231. The zero-order chi connectivity index (χ0) is 13.8. The molecule has 6 heteroatoms. The number of hydrogen-bond donors (Lipinski definition) is 1. The van der Waals surface area contributed by atoms with Crippen LogP contribution in [0.1, 0.15) is 10.4 Å². The molecular formula is C13H13FN2O2S. The van der Waals surface area contributed by atoms with Gasteiger partial charge in [0.05, 0.1) is 11.0 Å². The van der Waals surface area contributed by atoms with Gasteiger partial charge in [0, 0.05) is 11.4 Å². The standard InChI is InChI=1S/C13H13FN2O2S/c1-9-7-12(13(16(17)18)8-11(9)14)15-5-4-10-3-2-6-19-10/h2-3,6-8,15H,4-5H2,1H3. The predicted octanol–water partition coefficient (Wildman–Crippen LogP) is 3.76. The van der Waals surface area contributed by atoms with Crippen LogP contribution in [0, 0.1) is 22.9 Å². The largest absolute Gasteiger partial charge is 0.379 e. The average Bonchev–Trinajstić information content (AvgIpc) is 2.86. The highest BCUT2D eigenvalue weighted by Crippen LogP contribution is 2.27. The third-order valence-electron chi connectivity index (χ3n) is 2.74. The molecule has 0 radical (unpaired) electrons. The highest BCUT2D eigenvalue weighted by Gasteiger charge is 2.16. The summed E-state index contributed by atoms with van der Waals surface area (Å²) in [5.41, 5.74) is 0.527. The summed E-state index contributed by atoms with van der Waals surface area (Å²) in [6.07, 6.45) is 0.783. The summed E-state index contributed by atoms with van der Waals surface area (Å²) >= 11 is 1.64. The van der Waals surface area contributed by atoms with Gasteiger partial charge in [0.15, 0.2) is 0 Å². The molecule has 0 spiro atoms. The molecule has 0 bridgehead atoms. The molecule has 1 aromatic carbocycles. The van der Waals surface area contributed by atoms with E-state index < -0.39 is 10.7 Å². The van der Waals surface area contributed by atoms with Crippen molar-refractivity contribution >= 4 is 22.7 Å². The summed E-state index contributed by atoms with van der Waals surface area (Å²) in [6, 6.07) is 6.41. The normalized spacial score (nSPS) is 10.4. The molecule has 2 aromatic rings. The number of thiophene rings is 1.